The highest BCUT2D eigenvalue weighted by Crippen LogP contribution is 2.10. The molecular weight excluding hydrogens is 202 g/mol. The van der Waals surface area contributed by atoms with Crippen molar-refractivity contribution in [3.05, 3.63) is 0 Å². The van der Waals surface area contributed by atoms with E-state index in [1.807, 2.05) is 0 Å². The number of likely N-dealkylation sites (tertiary alicyclic amines) is 1. The van der Waals surface area contributed by atoms with E-state index in [2.05, 4.69) is 6.92 Å². The van der Waals surface area contributed by atoms with Gasteiger partial charge in [0.05, 0.1) is 6.54 Å². The molecule has 0 atom stereocenters. The Labute approximate surface area is 98.2 Å². The Bertz CT molecular complexity index is 238. The Balaban J connectivity index is 2.11. The van der Waals surface area contributed by atoms with Gasteiger partial charge in [0, 0.05) is 19.4 Å². The van der Waals surface area contributed by atoms with Gasteiger partial charge in [0.1, 0.15) is 0 Å². The summed E-state index contributed by atoms with van der Waals surface area (Å²) in [5.41, 5.74) is 0. The number of carbonyl (C=O) groups excluding carboxylic acids is 2. The zero-order valence-corrected chi connectivity index (χ0v) is 10.3. The van der Waals surface area contributed by atoms with E-state index in [9.17, 15) is 9.59 Å². The van der Waals surface area contributed by atoms with Crippen LogP contribution in [0.25, 0.3) is 0 Å². The summed E-state index contributed by atoms with van der Waals surface area (Å²) in [6.45, 7) is 3.32. The van der Waals surface area contributed by atoms with Crippen LogP contribution in [0.2, 0.25) is 0 Å². The smallest absolute Gasteiger partial charge is 0.222 e. The van der Waals surface area contributed by atoms with Gasteiger partial charge in [0.15, 0.2) is 5.78 Å². The summed E-state index contributed by atoms with van der Waals surface area (Å²) in [4.78, 5) is 24.7. The minimum Gasteiger partial charge on any atom is -0.335 e. The molecule has 1 aliphatic rings. The monoisotopic (exact) mass is 225 g/mol. The third-order valence-electron chi connectivity index (χ3n) is 3.10. The van der Waals surface area contributed by atoms with Crippen LogP contribution in [0.3, 0.4) is 0 Å². The van der Waals surface area contributed by atoms with Crippen molar-refractivity contribution in [2.45, 2.75) is 58.3 Å². The Morgan fingerprint density at radius 3 is 2.69 bits per heavy atom. The van der Waals surface area contributed by atoms with Gasteiger partial charge in [-0.1, -0.05) is 32.6 Å². The van der Waals surface area contributed by atoms with E-state index in [4.69, 9.17) is 0 Å². The van der Waals surface area contributed by atoms with E-state index in [1.54, 1.807) is 4.90 Å². The Morgan fingerprint density at radius 2 is 2.00 bits per heavy atom. The van der Waals surface area contributed by atoms with Crippen LogP contribution in [0, 0.1) is 0 Å². The second-order valence-corrected chi connectivity index (χ2v) is 4.62. The van der Waals surface area contributed by atoms with Crippen LogP contribution in [0.4, 0.5) is 0 Å². The Morgan fingerprint density at radius 1 is 1.25 bits per heavy atom. The second kappa shape index (κ2) is 7.42. The molecule has 92 valence electrons. The summed E-state index contributed by atoms with van der Waals surface area (Å²) in [5, 5.41) is 0. The van der Waals surface area contributed by atoms with E-state index >= 15 is 0 Å². The molecule has 0 spiro atoms. The maximum Gasteiger partial charge on any atom is 0.222 e. The molecule has 0 radical (unpaired) electrons. The summed E-state index contributed by atoms with van der Waals surface area (Å²) >= 11 is 0. The van der Waals surface area contributed by atoms with Crippen LogP contribution < -0.4 is 0 Å². The summed E-state index contributed by atoms with van der Waals surface area (Å²) < 4.78 is 0. The summed E-state index contributed by atoms with van der Waals surface area (Å²) in [6, 6.07) is 0. The fraction of sp³-hybridized carbons (Fsp3) is 0.846. The molecule has 0 aromatic rings. The number of amides is 1. The summed E-state index contributed by atoms with van der Waals surface area (Å²) in [5.74, 6) is 0.384. The predicted octanol–water partition coefficient (Wildman–Crippen LogP) is 2.54. The van der Waals surface area contributed by atoms with Gasteiger partial charge in [0.2, 0.25) is 5.91 Å². The zero-order valence-electron chi connectivity index (χ0n) is 10.3. The fourth-order valence-corrected chi connectivity index (χ4v) is 2.09. The van der Waals surface area contributed by atoms with Crippen molar-refractivity contribution in [1.29, 1.82) is 0 Å². The molecule has 0 unspecified atom stereocenters. The maximum absolute atomic E-state index is 11.8. The van der Waals surface area contributed by atoms with Crippen molar-refractivity contribution < 1.29 is 9.59 Å². The largest absolute Gasteiger partial charge is 0.335 e. The lowest BCUT2D eigenvalue weighted by molar-refractivity contribution is -0.137. The first-order valence-electron chi connectivity index (χ1n) is 6.53. The third kappa shape index (κ3) is 4.77. The second-order valence-electron chi connectivity index (χ2n) is 4.62. The summed E-state index contributed by atoms with van der Waals surface area (Å²) in [7, 11) is 0. The highest BCUT2D eigenvalue weighted by molar-refractivity contribution is 5.87. The lowest BCUT2D eigenvalue weighted by Gasteiger charge is -2.25. The average molecular weight is 225 g/mol. The van der Waals surface area contributed by atoms with E-state index < -0.39 is 0 Å². The molecule has 1 fully saturated rings. The average Bonchev–Trinajstić information content (AvgIpc) is 2.28. The van der Waals surface area contributed by atoms with Gasteiger partial charge in [-0.25, -0.2) is 0 Å². The predicted molar refractivity (Wildman–Crippen MR) is 64.2 cm³/mol. The SMILES string of the molecule is CCCCCCCC(=O)N1CCCC(=O)C1. The number of hydrogen-bond acceptors (Lipinski definition) is 2. The van der Waals surface area contributed by atoms with E-state index in [-0.39, 0.29) is 11.7 Å². The molecule has 1 heterocycles. The van der Waals surface area contributed by atoms with Gasteiger partial charge < -0.3 is 4.90 Å². The standard InChI is InChI=1S/C13H23NO2/c1-2-3-4-5-6-9-13(16)14-10-7-8-12(15)11-14/h2-11H2,1H3. The molecule has 0 aromatic heterocycles. The maximum atomic E-state index is 11.8. The quantitative estimate of drug-likeness (QED) is 0.651. The molecule has 0 saturated carbocycles. The number of rotatable bonds is 6. The Hall–Kier alpha value is -0.860. The zero-order chi connectivity index (χ0) is 11.8. The fourth-order valence-electron chi connectivity index (χ4n) is 2.09. The van der Waals surface area contributed by atoms with Gasteiger partial charge in [0.25, 0.3) is 0 Å². The van der Waals surface area contributed by atoms with Crippen LogP contribution in [-0.2, 0) is 9.59 Å². The van der Waals surface area contributed by atoms with E-state index in [0.717, 1.165) is 25.8 Å². The van der Waals surface area contributed by atoms with Crippen molar-refractivity contribution in [2.75, 3.05) is 13.1 Å². The van der Waals surface area contributed by atoms with E-state index in [1.165, 1.54) is 19.3 Å². The minimum atomic E-state index is 0.171. The van der Waals surface area contributed by atoms with Gasteiger partial charge in [-0.05, 0) is 12.8 Å². The lowest BCUT2D eigenvalue weighted by atomic mass is 10.1. The molecule has 3 heteroatoms. The van der Waals surface area contributed by atoms with Gasteiger partial charge in [-0.2, -0.15) is 0 Å². The van der Waals surface area contributed by atoms with Crippen LogP contribution in [0.15, 0.2) is 0 Å². The van der Waals surface area contributed by atoms with Crippen molar-refractivity contribution >= 4 is 11.7 Å². The van der Waals surface area contributed by atoms with Gasteiger partial charge in [-0.15, -0.1) is 0 Å². The number of nitrogens with zero attached hydrogens (tertiary/aromatic N) is 1. The molecule has 1 saturated heterocycles. The van der Waals surface area contributed by atoms with Gasteiger partial charge >= 0.3 is 0 Å². The summed E-state index contributed by atoms with van der Waals surface area (Å²) in [6.07, 6.45) is 7.95. The molecule has 16 heavy (non-hydrogen) atoms. The normalized spacial score (nSPS) is 16.6. The minimum absolute atomic E-state index is 0.171. The number of carbonyl (C=O) groups is 2. The van der Waals surface area contributed by atoms with E-state index in [0.29, 0.717) is 19.4 Å². The molecule has 1 amide bonds. The van der Waals surface area contributed by atoms with Crippen molar-refractivity contribution in [1.82, 2.24) is 4.90 Å². The van der Waals surface area contributed by atoms with Crippen molar-refractivity contribution in [2.24, 2.45) is 0 Å². The first kappa shape index (κ1) is 13.2. The van der Waals surface area contributed by atoms with Crippen LogP contribution in [0.5, 0.6) is 0 Å². The first-order chi connectivity index (χ1) is 7.74. The number of piperidine rings is 1. The molecule has 1 aliphatic heterocycles. The molecule has 0 aromatic carbocycles. The molecule has 0 N–H and O–H groups in total. The van der Waals surface area contributed by atoms with Gasteiger partial charge in [-0.3, -0.25) is 9.59 Å². The van der Waals surface area contributed by atoms with Crippen LogP contribution >= 0.6 is 0 Å². The Kier molecular flexibility index (Phi) is 6.12. The number of ketones is 1. The highest BCUT2D eigenvalue weighted by atomic mass is 16.2. The number of unbranched alkanes of at least 4 members (excludes halogenated alkanes) is 4. The molecule has 3 nitrogen and oxygen atoms in total. The molecule has 0 bridgehead atoms. The lowest BCUT2D eigenvalue weighted by Crippen LogP contribution is -2.39. The molecule has 1 rings (SSSR count). The van der Waals surface area contributed by atoms with Crippen molar-refractivity contribution in [3.8, 4) is 0 Å². The highest BCUT2D eigenvalue weighted by Gasteiger charge is 2.20. The molecule has 0 aliphatic carbocycles. The van der Waals surface area contributed by atoms with Crippen LogP contribution in [0.1, 0.15) is 58.3 Å². The van der Waals surface area contributed by atoms with Crippen molar-refractivity contribution in [3.63, 3.8) is 0 Å². The number of Topliss-reactive ketones (excluding diaryl/α,β-unsaturated/α-hetero) is 1. The topological polar surface area (TPSA) is 37.4 Å². The third-order valence-corrected chi connectivity index (χ3v) is 3.10. The number of hydrogen-bond donors (Lipinski definition) is 0. The first-order valence-corrected chi connectivity index (χ1v) is 6.53. The van der Waals surface area contributed by atoms with Crippen LogP contribution in [-0.4, -0.2) is 29.7 Å². The molecular formula is C13H23NO2.